The topological polar surface area (TPSA) is 119 Å². The summed E-state index contributed by atoms with van der Waals surface area (Å²) >= 11 is 0. The van der Waals surface area contributed by atoms with Gasteiger partial charge in [-0.2, -0.15) is 0 Å². The fourth-order valence-corrected chi connectivity index (χ4v) is 6.09. The third-order valence-electron chi connectivity index (χ3n) is 8.63. The van der Waals surface area contributed by atoms with E-state index in [0.717, 1.165) is 32.1 Å². The van der Waals surface area contributed by atoms with E-state index >= 15 is 0 Å². The smallest absolute Gasteiger partial charge is 0.462 e. The molecule has 0 aromatic heterocycles. The predicted octanol–water partition coefficient (Wildman–Crippen LogP) is 11.3. The summed E-state index contributed by atoms with van der Waals surface area (Å²) < 4.78 is 26.3. The van der Waals surface area contributed by atoms with E-state index < -0.39 is 32.5 Å². The minimum Gasteiger partial charge on any atom is -0.462 e. The molecular formula is C37H73O8P. The molecule has 0 rings (SSSR count). The highest BCUT2D eigenvalue weighted by Gasteiger charge is 2.22. The molecule has 0 fully saturated rings. The first-order chi connectivity index (χ1) is 22.3. The fraction of sp³-hybridized carbons (Fsp3) is 0.946. The molecule has 0 bridgehead atoms. The van der Waals surface area contributed by atoms with Crippen molar-refractivity contribution in [3.8, 4) is 0 Å². The van der Waals surface area contributed by atoms with E-state index in [0.29, 0.717) is 6.42 Å². The molecule has 1 unspecified atom stereocenters. The number of phosphoric ester groups is 1. The maximum absolute atomic E-state index is 12.4. The van der Waals surface area contributed by atoms with Crippen molar-refractivity contribution in [2.24, 2.45) is 0 Å². The van der Waals surface area contributed by atoms with Gasteiger partial charge in [-0.3, -0.25) is 14.1 Å². The zero-order valence-corrected chi connectivity index (χ0v) is 30.9. The Labute approximate surface area is 283 Å². The molecule has 0 amide bonds. The lowest BCUT2D eigenvalue weighted by Gasteiger charge is -2.18. The summed E-state index contributed by atoms with van der Waals surface area (Å²) in [6.45, 7) is 3.69. The van der Waals surface area contributed by atoms with Gasteiger partial charge in [-0.15, -0.1) is 0 Å². The normalized spacial score (nSPS) is 12.3. The number of phosphoric acid groups is 1. The van der Waals surface area contributed by atoms with E-state index in [1.807, 2.05) is 0 Å². The molecule has 0 saturated heterocycles. The lowest BCUT2D eigenvalue weighted by atomic mass is 10.0. The van der Waals surface area contributed by atoms with Gasteiger partial charge in [-0.1, -0.05) is 181 Å². The van der Waals surface area contributed by atoms with Gasteiger partial charge < -0.3 is 19.3 Å². The summed E-state index contributed by atoms with van der Waals surface area (Å²) in [6.07, 6.45) is 34.0. The molecule has 0 aliphatic rings. The Morgan fingerprint density at radius 2 is 0.783 bits per heavy atom. The molecule has 274 valence electrons. The van der Waals surface area contributed by atoms with Crippen LogP contribution in [0.4, 0.5) is 0 Å². The van der Waals surface area contributed by atoms with Crippen molar-refractivity contribution in [3.05, 3.63) is 0 Å². The van der Waals surface area contributed by atoms with Crippen molar-refractivity contribution < 1.29 is 37.9 Å². The molecule has 0 aliphatic carbocycles. The minimum absolute atomic E-state index is 0.220. The van der Waals surface area contributed by atoms with Crippen molar-refractivity contribution in [1.82, 2.24) is 0 Å². The zero-order chi connectivity index (χ0) is 34.0. The van der Waals surface area contributed by atoms with Crippen LogP contribution in [0.3, 0.4) is 0 Å². The van der Waals surface area contributed by atoms with Gasteiger partial charge in [0.1, 0.15) is 6.61 Å². The number of hydrogen-bond acceptors (Lipinski definition) is 6. The Hall–Kier alpha value is -0.950. The molecule has 0 aliphatic heterocycles. The SMILES string of the molecule is CCCCCCCCCCCCCCCCCCCC(=O)OC(COC(=O)CCCCCCCCCCCCC)COP(=O)(O)O. The number of carbonyl (C=O) groups is 2. The first-order valence-electron chi connectivity index (χ1n) is 19.3. The third kappa shape index (κ3) is 35.9. The summed E-state index contributed by atoms with van der Waals surface area (Å²) in [5.41, 5.74) is 0. The van der Waals surface area contributed by atoms with Crippen molar-refractivity contribution >= 4 is 19.8 Å². The lowest BCUT2D eigenvalue weighted by Crippen LogP contribution is -2.29. The largest absolute Gasteiger partial charge is 0.469 e. The molecule has 2 N–H and O–H groups in total. The molecule has 46 heavy (non-hydrogen) atoms. The Balaban J connectivity index is 3.89. The minimum atomic E-state index is -4.74. The van der Waals surface area contributed by atoms with Gasteiger partial charge in [0.25, 0.3) is 0 Å². The molecule has 0 radical (unpaired) electrons. The van der Waals surface area contributed by atoms with E-state index in [4.69, 9.17) is 19.3 Å². The van der Waals surface area contributed by atoms with Gasteiger partial charge in [-0.05, 0) is 12.8 Å². The van der Waals surface area contributed by atoms with Crippen LogP contribution in [0.2, 0.25) is 0 Å². The molecule has 0 aromatic carbocycles. The van der Waals surface area contributed by atoms with E-state index in [1.165, 1.54) is 141 Å². The van der Waals surface area contributed by atoms with Gasteiger partial charge in [0.2, 0.25) is 0 Å². The van der Waals surface area contributed by atoms with Crippen LogP contribution in [0.5, 0.6) is 0 Å². The molecule has 0 spiro atoms. The standard InChI is InChI=1S/C37H73O8P/c1-3-5-7-9-11-13-15-16-17-18-19-20-22-24-26-28-30-32-37(39)45-35(34-44-46(40,41)42)33-43-36(38)31-29-27-25-23-21-14-12-10-8-6-4-2/h35H,3-34H2,1-2H3,(H2,40,41,42). The highest BCUT2D eigenvalue weighted by Crippen LogP contribution is 2.36. The van der Waals surface area contributed by atoms with Crippen LogP contribution >= 0.6 is 7.82 Å². The highest BCUT2D eigenvalue weighted by atomic mass is 31.2. The Morgan fingerprint density at radius 3 is 1.11 bits per heavy atom. The van der Waals surface area contributed by atoms with Gasteiger partial charge in [0.15, 0.2) is 6.10 Å². The molecular weight excluding hydrogens is 603 g/mol. The van der Waals surface area contributed by atoms with Crippen molar-refractivity contribution in [3.63, 3.8) is 0 Å². The van der Waals surface area contributed by atoms with Crippen LogP contribution in [-0.2, 0) is 28.2 Å². The monoisotopic (exact) mass is 677 g/mol. The summed E-state index contributed by atoms with van der Waals surface area (Å²) in [5, 5.41) is 0. The van der Waals surface area contributed by atoms with Crippen molar-refractivity contribution in [2.45, 2.75) is 213 Å². The van der Waals surface area contributed by atoms with Crippen molar-refractivity contribution in [2.75, 3.05) is 13.2 Å². The van der Waals surface area contributed by atoms with Crippen molar-refractivity contribution in [1.29, 1.82) is 0 Å². The van der Waals surface area contributed by atoms with Gasteiger partial charge >= 0.3 is 19.8 Å². The summed E-state index contributed by atoms with van der Waals surface area (Å²) in [7, 11) is -4.74. The number of carbonyl (C=O) groups excluding carboxylic acids is 2. The second kappa shape index (κ2) is 33.9. The molecule has 0 saturated carbocycles. The van der Waals surface area contributed by atoms with Crippen LogP contribution in [0.15, 0.2) is 0 Å². The Bertz CT molecular complexity index is 726. The zero-order valence-electron chi connectivity index (χ0n) is 30.0. The molecule has 9 heteroatoms. The first kappa shape index (κ1) is 45.0. The summed E-state index contributed by atoms with van der Waals surface area (Å²) in [4.78, 5) is 42.6. The molecule has 8 nitrogen and oxygen atoms in total. The number of ether oxygens (including phenoxy) is 2. The van der Waals surface area contributed by atoms with E-state index in [-0.39, 0.29) is 19.4 Å². The average molecular weight is 677 g/mol. The van der Waals surface area contributed by atoms with E-state index in [2.05, 4.69) is 18.4 Å². The number of unbranched alkanes of at least 4 members (excludes halogenated alkanes) is 26. The van der Waals surface area contributed by atoms with E-state index in [9.17, 15) is 14.2 Å². The number of esters is 2. The second-order valence-corrected chi connectivity index (χ2v) is 14.5. The lowest BCUT2D eigenvalue weighted by molar-refractivity contribution is -0.161. The van der Waals surface area contributed by atoms with Gasteiger partial charge in [-0.25, -0.2) is 4.57 Å². The maximum Gasteiger partial charge on any atom is 0.469 e. The quantitative estimate of drug-likeness (QED) is 0.0382. The Kier molecular flexibility index (Phi) is 33.2. The van der Waals surface area contributed by atoms with E-state index in [1.54, 1.807) is 0 Å². The highest BCUT2D eigenvalue weighted by molar-refractivity contribution is 7.46. The average Bonchev–Trinajstić information content (AvgIpc) is 3.02. The molecule has 1 atom stereocenters. The second-order valence-electron chi connectivity index (χ2n) is 13.3. The van der Waals surface area contributed by atoms with Crippen LogP contribution in [-0.4, -0.2) is 41.0 Å². The summed E-state index contributed by atoms with van der Waals surface area (Å²) in [6, 6.07) is 0. The van der Waals surface area contributed by atoms with Crippen LogP contribution in [0, 0.1) is 0 Å². The molecule has 0 heterocycles. The van der Waals surface area contributed by atoms with Gasteiger partial charge in [0.05, 0.1) is 6.61 Å². The molecule has 0 aromatic rings. The van der Waals surface area contributed by atoms with Crippen LogP contribution < -0.4 is 0 Å². The first-order valence-corrected chi connectivity index (χ1v) is 20.9. The number of rotatable bonds is 36. The third-order valence-corrected chi connectivity index (χ3v) is 9.11. The Morgan fingerprint density at radius 1 is 0.478 bits per heavy atom. The maximum atomic E-state index is 12.4. The fourth-order valence-electron chi connectivity index (χ4n) is 5.73. The number of hydrogen-bond donors (Lipinski definition) is 2. The van der Waals surface area contributed by atoms with Crippen LogP contribution in [0.1, 0.15) is 206 Å². The predicted molar refractivity (Wildman–Crippen MR) is 189 cm³/mol. The summed E-state index contributed by atoms with van der Waals surface area (Å²) in [5.74, 6) is -0.872. The van der Waals surface area contributed by atoms with Crippen LogP contribution in [0.25, 0.3) is 0 Å². The van der Waals surface area contributed by atoms with Gasteiger partial charge in [0, 0.05) is 12.8 Å².